The number of rotatable bonds is 5. The van der Waals surface area contributed by atoms with Crippen molar-refractivity contribution in [3.05, 3.63) is 46.3 Å². The highest BCUT2D eigenvalue weighted by atomic mass is 32.1. The lowest BCUT2D eigenvalue weighted by Gasteiger charge is -2.14. The van der Waals surface area contributed by atoms with Gasteiger partial charge in [-0.15, -0.1) is 11.3 Å². The van der Waals surface area contributed by atoms with E-state index in [1.807, 2.05) is 5.38 Å². The zero-order valence-corrected chi connectivity index (χ0v) is 12.4. The lowest BCUT2D eigenvalue weighted by molar-refractivity contribution is -0.138. The fourth-order valence-electron chi connectivity index (χ4n) is 1.72. The number of amides is 1. The van der Waals surface area contributed by atoms with Crippen molar-refractivity contribution in [2.45, 2.75) is 6.04 Å². The molecule has 21 heavy (non-hydrogen) atoms. The van der Waals surface area contributed by atoms with Crippen LogP contribution in [0.4, 0.5) is 5.82 Å². The van der Waals surface area contributed by atoms with Crippen molar-refractivity contribution < 1.29 is 14.7 Å². The van der Waals surface area contributed by atoms with Gasteiger partial charge in [0, 0.05) is 25.2 Å². The van der Waals surface area contributed by atoms with Crippen molar-refractivity contribution in [2.24, 2.45) is 0 Å². The highest BCUT2D eigenvalue weighted by Gasteiger charge is 2.21. The number of aliphatic carboxylic acids is 1. The van der Waals surface area contributed by atoms with Crippen LogP contribution in [-0.4, -0.2) is 41.0 Å². The van der Waals surface area contributed by atoms with Crippen LogP contribution in [0, 0.1) is 0 Å². The van der Waals surface area contributed by atoms with Gasteiger partial charge in [-0.3, -0.25) is 4.79 Å². The third kappa shape index (κ3) is 3.57. The van der Waals surface area contributed by atoms with E-state index in [0.29, 0.717) is 16.3 Å². The molecule has 2 N–H and O–H groups in total. The van der Waals surface area contributed by atoms with E-state index in [0.717, 1.165) is 0 Å². The Balaban J connectivity index is 2.15. The third-order valence-electron chi connectivity index (χ3n) is 2.78. The van der Waals surface area contributed by atoms with Crippen molar-refractivity contribution in [2.75, 3.05) is 19.4 Å². The highest BCUT2D eigenvalue weighted by Crippen LogP contribution is 2.23. The zero-order chi connectivity index (χ0) is 15.4. The van der Waals surface area contributed by atoms with Gasteiger partial charge in [0.05, 0.1) is 5.56 Å². The lowest BCUT2D eigenvalue weighted by Crippen LogP contribution is -2.22. The molecule has 0 saturated heterocycles. The first kappa shape index (κ1) is 15.0. The number of aromatic nitrogens is 1. The van der Waals surface area contributed by atoms with Gasteiger partial charge in [0.15, 0.2) is 6.04 Å². The van der Waals surface area contributed by atoms with Crippen molar-refractivity contribution in [3.63, 3.8) is 0 Å². The molecular formula is C14H15N3O3S. The normalized spacial score (nSPS) is 11.7. The van der Waals surface area contributed by atoms with Gasteiger partial charge in [-0.2, -0.15) is 0 Å². The number of nitrogens with zero attached hydrogens (tertiary/aromatic N) is 2. The van der Waals surface area contributed by atoms with Gasteiger partial charge in [-0.25, -0.2) is 9.78 Å². The molecule has 1 amide bonds. The van der Waals surface area contributed by atoms with Crippen LogP contribution < -0.4 is 5.32 Å². The number of carboxylic acid groups (broad SMARTS) is 1. The number of anilines is 1. The standard InChI is InChI=1S/C14H15N3O3S/c1-17(2)13(18)9-5-6-11(15-8-9)16-12(14(19)20)10-4-3-7-21-10/h3-8,12H,1-2H3,(H,15,16)(H,19,20). The molecular weight excluding hydrogens is 290 g/mol. The number of nitrogens with one attached hydrogen (secondary N) is 1. The minimum atomic E-state index is -0.979. The largest absolute Gasteiger partial charge is 0.479 e. The Bertz CT molecular complexity index is 623. The van der Waals surface area contributed by atoms with Gasteiger partial charge in [0.2, 0.25) is 0 Å². The van der Waals surface area contributed by atoms with Crippen LogP contribution in [0.3, 0.4) is 0 Å². The van der Waals surface area contributed by atoms with E-state index in [1.165, 1.54) is 22.4 Å². The van der Waals surface area contributed by atoms with E-state index in [1.54, 1.807) is 38.4 Å². The minimum absolute atomic E-state index is 0.151. The van der Waals surface area contributed by atoms with Crippen LogP contribution >= 0.6 is 11.3 Å². The molecule has 0 bridgehead atoms. The molecule has 0 aromatic carbocycles. The van der Waals surface area contributed by atoms with Crippen molar-refractivity contribution in [1.82, 2.24) is 9.88 Å². The SMILES string of the molecule is CN(C)C(=O)c1ccc(NC(C(=O)O)c2cccs2)nc1. The Labute approximate surface area is 126 Å². The molecule has 0 aliphatic rings. The Morgan fingerprint density at radius 3 is 2.57 bits per heavy atom. The summed E-state index contributed by atoms with van der Waals surface area (Å²) in [5, 5.41) is 13.9. The average Bonchev–Trinajstić information content (AvgIpc) is 2.98. The van der Waals surface area contributed by atoms with E-state index in [-0.39, 0.29) is 5.91 Å². The molecule has 0 spiro atoms. The maximum absolute atomic E-state index is 11.7. The fraction of sp³-hybridized carbons (Fsp3) is 0.214. The molecule has 2 heterocycles. The lowest BCUT2D eigenvalue weighted by atomic mass is 10.2. The molecule has 110 valence electrons. The summed E-state index contributed by atoms with van der Waals surface area (Å²) in [7, 11) is 3.32. The molecule has 0 aliphatic heterocycles. The number of carbonyl (C=O) groups excluding carboxylic acids is 1. The van der Waals surface area contributed by atoms with Crippen LogP contribution in [0.5, 0.6) is 0 Å². The van der Waals surface area contributed by atoms with Crippen LogP contribution in [-0.2, 0) is 4.79 Å². The van der Waals surface area contributed by atoms with E-state index >= 15 is 0 Å². The molecule has 0 fully saturated rings. The quantitative estimate of drug-likeness (QED) is 0.884. The van der Waals surface area contributed by atoms with E-state index in [4.69, 9.17) is 0 Å². The summed E-state index contributed by atoms with van der Waals surface area (Å²) in [4.78, 5) is 29.3. The van der Waals surface area contributed by atoms with Gasteiger partial charge < -0.3 is 15.3 Å². The summed E-state index contributed by atoms with van der Waals surface area (Å²) >= 11 is 1.36. The molecule has 2 rings (SSSR count). The maximum Gasteiger partial charge on any atom is 0.331 e. The van der Waals surface area contributed by atoms with Crippen molar-refractivity contribution in [1.29, 1.82) is 0 Å². The highest BCUT2D eigenvalue weighted by molar-refractivity contribution is 7.10. The number of pyridine rings is 1. The van der Waals surface area contributed by atoms with E-state index in [2.05, 4.69) is 10.3 Å². The predicted octanol–water partition coefficient (Wildman–Crippen LogP) is 2.08. The van der Waals surface area contributed by atoms with Crippen molar-refractivity contribution >= 4 is 29.0 Å². The van der Waals surface area contributed by atoms with Gasteiger partial charge in [-0.1, -0.05) is 6.07 Å². The minimum Gasteiger partial charge on any atom is -0.479 e. The second kappa shape index (κ2) is 6.36. The Hall–Kier alpha value is -2.41. The van der Waals surface area contributed by atoms with Gasteiger partial charge in [-0.05, 0) is 23.6 Å². The monoisotopic (exact) mass is 305 g/mol. The predicted molar refractivity (Wildman–Crippen MR) is 80.6 cm³/mol. The molecule has 0 radical (unpaired) electrons. The molecule has 0 aliphatic carbocycles. The molecule has 1 atom stereocenters. The fourth-order valence-corrected chi connectivity index (χ4v) is 2.49. The number of carbonyl (C=O) groups is 2. The van der Waals surface area contributed by atoms with Crippen LogP contribution in [0.1, 0.15) is 21.3 Å². The van der Waals surface area contributed by atoms with E-state index < -0.39 is 12.0 Å². The first-order valence-electron chi connectivity index (χ1n) is 6.19. The topological polar surface area (TPSA) is 82.5 Å². The maximum atomic E-state index is 11.7. The number of hydrogen-bond donors (Lipinski definition) is 2. The van der Waals surface area contributed by atoms with Crippen LogP contribution in [0.15, 0.2) is 35.8 Å². The van der Waals surface area contributed by atoms with Crippen LogP contribution in [0.25, 0.3) is 0 Å². The molecule has 2 aromatic heterocycles. The number of hydrogen-bond acceptors (Lipinski definition) is 5. The van der Waals surface area contributed by atoms with E-state index in [9.17, 15) is 14.7 Å². The summed E-state index contributed by atoms with van der Waals surface area (Å²) in [6, 6.07) is 5.91. The molecule has 6 nitrogen and oxygen atoms in total. The Morgan fingerprint density at radius 1 is 1.33 bits per heavy atom. The Kier molecular flexibility index (Phi) is 4.54. The first-order chi connectivity index (χ1) is 9.99. The second-order valence-electron chi connectivity index (χ2n) is 4.56. The summed E-state index contributed by atoms with van der Waals surface area (Å²) < 4.78 is 0. The molecule has 2 aromatic rings. The Morgan fingerprint density at radius 2 is 2.10 bits per heavy atom. The van der Waals surface area contributed by atoms with Crippen molar-refractivity contribution in [3.8, 4) is 0 Å². The summed E-state index contributed by atoms with van der Waals surface area (Å²) in [5.41, 5.74) is 0.452. The summed E-state index contributed by atoms with van der Waals surface area (Å²) in [6.07, 6.45) is 1.43. The second-order valence-corrected chi connectivity index (χ2v) is 5.54. The summed E-state index contributed by atoms with van der Waals surface area (Å²) in [5.74, 6) is -0.721. The molecule has 1 unspecified atom stereocenters. The van der Waals surface area contributed by atoms with Gasteiger partial charge in [0.1, 0.15) is 5.82 Å². The smallest absolute Gasteiger partial charge is 0.331 e. The van der Waals surface area contributed by atoms with Gasteiger partial charge >= 0.3 is 5.97 Å². The van der Waals surface area contributed by atoms with Crippen LogP contribution in [0.2, 0.25) is 0 Å². The zero-order valence-electron chi connectivity index (χ0n) is 11.6. The first-order valence-corrected chi connectivity index (χ1v) is 7.07. The summed E-state index contributed by atoms with van der Waals surface area (Å²) in [6.45, 7) is 0. The molecule has 0 saturated carbocycles. The average molecular weight is 305 g/mol. The number of thiophene rings is 1. The number of carboxylic acids is 1. The third-order valence-corrected chi connectivity index (χ3v) is 3.72. The van der Waals surface area contributed by atoms with Gasteiger partial charge in [0.25, 0.3) is 5.91 Å². The molecule has 7 heteroatoms.